The van der Waals surface area contributed by atoms with Crippen LogP contribution >= 0.6 is 0 Å². The van der Waals surface area contributed by atoms with E-state index in [-0.39, 0.29) is 11.9 Å². The Morgan fingerprint density at radius 2 is 1.66 bits per heavy atom. The summed E-state index contributed by atoms with van der Waals surface area (Å²) in [7, 11) is 0. The molecule has 1 fully saturated rings. The van der Waals surface area contributed by atoms with Crippen LogP contribution < -0.4 is 5.32 Å². The van der Waals surface area contributed by atoms with Crippen molar-refractivity contribution in [2.45, 2.75) is 58.5 Å². The van der Waals surface area contributed by atoms with Gasteiger partial charge in [0.1, 0.15) is 5.82 Å². The lowest BCUT2D eigenvalue weighted by atomic mass is 10.0. The zero-order valence-corrected chi connectivity index (χ0v) is 21.4. The summed E-state index contributed by atoms with van der Waals surface area (Å²) in [5.74, 6) is 0.469. The number of likely N-dealkylation sites (tertiary alicyclic amines) is 1. The summed E-state index contributed by atoms with van der Waals surface area (Å²) in [4.78, 5) is 2.32. The molecule has 0 radical (unpaired) electrons. The zero-order chi connectivity index (χ0) is 25.2. The molecule has 0 aromatic heterocycles. The van der Waals surface area contributed by atoms with Crippen molar-refractivity contribution in [1.29, 1.82) is 0 Å². The van der Waals surface area contributed by atoms with Gasteiger partial charge in [-0.05, 0) is 60.1 Å². The second kappa shape index (κ2) is 12.9. The number of aryl methyl sites for hydroxylation is 1. The Balaban J connectivity index is 0.000000320. The third kappa shape index (κ3) is 7.85. The molecule has 3 heteroatoms. The van der Waals surface area contributed by atoms with E-state index < -0.39 is 0 Å². The normalized spacial score (nSPS) is 14.9. The van der Waals surface area contributed by atoms with Gasteiger partial charge in [-0.2, -0.15) is 0 Å². The maximum absolute atomic E-state index is 13.6. The van der Waals surface area contributed by atoms with Gasteiger partial charge < -0.3 is 10.2 Å². The van der Waals surface area contributed by atoms with Crippen molar-refractivity contribution in [3.05, 3.63) is 131 Å². The molecule has 2 nitrogen and oxygen atoms in total. The Bertz CT molecular complexity index is 1090. The minimum atomic E-state index is -0.190. The molecule has 0 saturated carbocycles. The quantitative estimate of drug-likeness (QED) is 0.362. The number of hydrogen-bond acceptors (Lipinski definition) is 2. The lowest BCUT2D eigenvalue weighted by Gasteiger charge is -2.31. The highest BCUT2D eigenvalue weighted by Crippen LogP contribution is 2.28. The molecule has 0 aliphatic carbocycles. The van der Waals surface area contributed by atoms with Crippen molar-refractivity contribution in [3.63, 3.8) is 0 Å². The van der Waals surface area contributed by atoms with E-state index in [9.17, 15) is 4.39 Å². The van der Waals surface area contributed by atoms with Gasteiger partial charge in [-0.3, -0.25) is 0 Å². The standard InChI is InChI=1S/C23H27FN2.C9H12/c1-17-11-12-22(24)15-21(17)14-18(2)26-13-7-10-23(26)19(3)25-16-20-8-5-4-6-9-20;1-8(2)9-6-4-3-5-7-9/h4-6,8-9,11-12,15,23,25H,2-3,7,10,13-14,16H2,1H3;3-8H,1-2H3. The molecule has 1 aliphatic rings. The SMILES string of the molecule is C=C(NCc1ccccc1)C1CCCN1C(=C)Cc1cc(F)ccc1C.CC(C)c1ccccc1. The van der Waals surface area contributed by atoms with Gasteiger partial charge >= 0.3 is 0 Å². The molecule has 3 aromatic carbocycles. The third-order valence-corrected chi connectivity index (χ3v) is 6.60. The Hall–Kier alpha value is -3.33. The van der Waals surface area contributed by atoms with Crippen molar-refractivity contribution in [2.24, 2.45) is 0 Å². The summed E-state index contributed by atoms with van der Waals surface area (Å²) in [6.07, 6.45) is 2.87. The number of benzene rings is 3. The molecule has 1 atom stereocenters. The van der Waals surface area contributed by atoms with Gasteiger partial charge in [0.05, 0.1) is 6.04 Å². The van der Waals surface area contributed by atoms with Crippen LogP contribution in [0, 0.1) is 12.7 Å². The summed E-state index contributed by atoms with van der Waals surface area (Å²) >= 11 is 0. The van der Waals surface area contributed by atoms with Crippen LogP contribution in [0.3, 0.4) is 0 Å². The van der Waals surface area contributed by atoms with Gasteiger partial charge in [-0.25, -0.2) is 4.39 Å². The summed E-state index contributed by atoms with van der Waals surface area (Å²) < 4.78 is 13.6. The highest BCUT2D eigenvalue weighted by atomic mass is 19.1. The first kappa shape index (κ1) is 26.3. The Morgan fingerprint density at radius 3 is 2.29 bits per heavy atom. The number of rotatable bonds is 8. The summed E-state index contributed by atoms with van der Waals surface area (Å²) in [6.45, 7) is 16.7. The largest absolute Gasteiger partial charge is 0.383 e. The van der Waals surface area contributed by atoms with E-state index in [1.807, 2.05) is 37.3 Å². The fourth-order valence-electron chi connectivity index (χ4n) is 4.43. The minimum absolute atomic E-state index is 0.190. The number of nitrogens with zero attached hydrogens (tertiary/aromatic N) is 1. The second-order valence-electron chi connectivity index (χ2n) is 9.60. The highest BCUT2D eigenvalue weighted by molar-refractivity contribution is 5.30. The topological polar surface area (TPSA) is 15.3 Å². The first-order chi connectivity index (χ1) is 16.8. The van der Waals surface area contributed by atoms with Gasteiger partial charge in [0.15, 0.2) is 0 Å². The number of nitrogens with one attached hydrogen (secondary N) is 1. The summed E-state index contributed by atoms with van der Waals surface area (Å²) in [5, 5.41) is 3.47. The van der Waals surface area contributed by atoms with Crippen LogP contribution in [-0.2, 0) is 13.0 Å². The molecule has 1 heterocycles. The molecule has 0 amide bonds. The molecule has 1 N–H and O–H groups in total. The fourth-order valence-corrected chi connectivity index (χ4v) is 4.43. The van der Waals surface area contributed by atoms with E-state index in [0.29, 0.717) is 12.3 Å². The fraction of sp³-hybridized carbons (Fsp3) is 0.312. The monoisotopic (exact) mass is 470 g/mol. The van der Waals surface area contributed by atoms with E-state index in [4.69, 9.17) is 0 Å². The maximum Gasteiger partial charge on any atom is 0.123 e. The molecular formula is C32H39FN2. The molecule has 184 valence electrons. The van der Waals surface area contributed by atoms with Crippen LogP contribution in [0.5, 0.6) is 0 Å². The summed E-state index contributed by atoms with van der Waals surface area (Å²) in [5.41, 5.74) is 6.82. The molecule has 1 saturated heterocycles. The van der Waals surface area contributed by atoms with E-state index in [2.05, 4.69) is 73.6 Å². The lowest BCUT2D eigenvalue weighted by molar-refractivity contribution is 0.337. The van der Waals surface area contributed by atoms with Gasteiger partial charge in [-0.15, -0.1) is 0 Å². The average molecular weight is 471 g/mol. The first-order valence-corrected chi connectivity index (χ1v) is 12.6. The van der Waals surface area contributed by atoms with E-state index in [0.717, 1.165) is 48.5 Å². The van der Waals surface area contributed by atoms with Crippen LogP contribution in [0.25, 0.3) is 0 Å². The van der Waals surface area contributed by atoms with Crippen LogP contribution in [0.4, 0.5) is 4.39 Å². The third-order valence-electron chi connectivity index (χ3n) is 6.60. The molecule has 0 bridgehead atoms. The lowest BCUT2D eigenvalue weighted by Crippen LogP contribution is -2.35. The van der Waals surface area contributed by atoms with Gasteiger partial charge in [0.25, 0.3) is 0 Å². The van der Waals surface area contributed by atoms with E-state index in [1.165, 1.54) is 17.2 Å². The van der Waals surface area contributed by atoms with Gasteiger partial charge in [0, 0.05) is 30.9 Å². The predicted molar refractivity (Wildman–Crippen MR) is 147 cm³/mol. The number of halogens is 1. The molecule has 1 aliphatic heterocycles. The average Bonchev–Trinajstić information content (AvgIpc) is 3.37. The molecule has 35 heavy (non-hydrogen) atoms. The zero-order valence-electron chi connectivity index (χ0n) is 21.4. The van der Waals surface area contributed by atoms with Gasteiger partial charge in [-0.1, -0.05) is 93.7 Å². The van der Waals surface area contributed by atoms with E-state index in [1.54, 1.807) is 6.07 Å². The van der Waals surface area contributed by atoms with Crippen molar-refractivity contribution in [1.82, 2.24) is 10.2 Å². The molecule has 3 aromatic rings. The Kier molecular flexibility index (Phi) is 9.72. The maximum atomic E-state index is 13.6. The van der Waals surface area contributed by atoms with E-state index >= 15 is 0 Å². The molecular weight excluding hydrogens is 431 g/mol. The second-order valence-corrected chi connectivity index (χ2v) is 9.60. The molecule has 4 rings (SSSR count). The predicted octanol–water partition coefficient (Wildman–Crippen LogP) is 7.77. The van der Waals surface area contributed by atoms with Crippen LogP contribution in [0.15, 0.2) is 103 Å². The minimum Gasteiger partial charge on any atom is -0.383 e. The van der Waals surface area contributed by atoms with Crippen LogP contribution in [0.2, 0.25) is 0 Å². The smallest absolute Gasteiger partial charge is 0.123 e. The van der Waals surface area contributed by atoms with Crippen LogP contribution in [0.1, 0.15) is 54.9 Å². The Labute approximate surface area is 211 Å². The van der Waals surface area contributed by atoms with Crippen molar-refractivity contribution >= 4 is 0 Å². The van der Waals surface area contributed by atoms with Crippen molar-refractivity contribution < 1.29 is 4.39 Å². The van der Waals surface area contributed by atoms with Crippen LogP contribution in [-0.4, -0.2) is 17.5 Å². The number of hydrogen-bond donors (Lipinski definition) is 1. The first-order valence-electron chi connectivity index (χ1n) is 12.6. The number of allylic oxidation sites excluding steroid dienone is 1. The summed E-state index contributed by atoms with van der Waals surface area (Å²) in [6, 6.07) is 26.1. The van der Waals surface area contributed by atoms with Crippen molar-refractivity contribution in [2.75, 3.05) is 6.54 Å². The van der Waals surface area contributed by atoms with Gasteiger partial charge in [0.2, 0.25) is 0 Å². The highest BCUT2D eigenvalue weighted by Gasteiger charge is 2.27. The molecule has 0 spiro atoms. The van der Waals surface area contributed by atoms with Crippen molar-refractivity contribution in [3.8, 4) is 0 Å². The Morgan fingerprint density at radius 1 is 1.00 bits per heavy atom. The molecule has 1 unspecified atom stereocenters.